The van der Waals surface area contributed by atoms with Crippen molar-refractivity contribution in [3.63, 3.8) is 0 Å². The van der Waals surface area contributed by atoms with E-state index in [1.165, 1.54) is 38.5 Å². The summed E-state index contributed by atoms with van der Waals surface area (Å²) in [7, 11) is -1.47. The molecule has 0 N–H and O–H groups in total. The number of halogens is 1. The first-order valence-corrected chi connectivity index (χ1v) is 11.6. The molecule has 0 radical (unpaired) electrons. The normalized spacial score (nSPS) is 30.3. The third kappa shape index (κ3) is 4.67. The van der Waals surface area contributed by atoms with E-state index < -0.39 is 8.32 Å². The zero-order valence-corrected chi connectivity index (χ0v) is 14.9. The quantitative estimate of drug-likeness (QED) is 0.445. The molecule has 0 spiro atoms. The molecule has 1 aliphatic rings. The zero-order valence-electron chi connectivity index (χ0n) is 11.8. The summed E-state index contributed by atoms with van der Waals surface area (Å²) < 4.78 is 8.75. The smallest absolute Gasteiger partial charge is 0.184 e. The van der Waals surface area contributed by atoms with Gasteiger partial charge in [-0.3, -0.25) is 0 Å². The fourth-order valence-corrected chi connectivity index (χ4v) is 5.06. The summed E-state index contributed by atoms with van der Waals surface area (Å²) in [4.78, 5) is 0. The lowest BCUT2D eigenvalue weighted by molar-refractivity contribution is 0.0655. The van der Waals surface area contributed by atoms with Crippen LogP contribution in [0.5, 0.6) is 0 Å². The van der Waals surface area contributed by atoms with Gasteiger partial charge in [-0.2, -0.15) is 0 Å². The first kappa shape index (κ1) is 15.7. The van der Waals surface area contributed by atoms with E-state index >= 15 is 0 Å². The second-order valence-electron chi connectivity index (χ2n) is 6.19. The highest BCUT2D eigenvalue weighted by atomic mass is 127. The molecule has 1 aliphatic carbocycles. The molecule has 0 aromatic carbocycles. The van der Waals surface area contributed by atoms with Gasteiger partial charge in [0.15, 0.2) is 8.32 Å². The molecule has 0 amide bonds. The van der Waals surface area contributed by atoms with E-state index in [2.05, 4.69) is 59.3 Å². The molecule has 0 aliphatic heterocycles. The molecule has 17 heavy (non-hydrogen) atoms. The van der Waals surface area contributed by atoms with Gasteiger partial charge in [0.2, 0.25) is 0 Å². The summed E-state index contributed by atoms with van der Waals surface area (Å²) >= 11 is 2.34. The van der Waals surface area contributed by atoms with Crippen LogP contribution in [-0.2, 0) is 4.43 Å². The molecule has 2 atom stereocenters. The van der Waals surface area contributed by atoms with E-state index in [9.17, 15) is 0 Å². The van der Waals surface area contributed by atoms with E-state index in [4.69, 9.17) is 4.43 Å². The van der Waals surface area contributed by atoms with Crippen LogP contribution in [0.2, 0.25) is 19.6 Å². The van der Waals surface area contributed by atoms with Crippen LogP contribution in [0.1, 0.15) is 45.4 Å². The molecule has 0 saturated heterocycles. The Kier molecular flexibility index (Phi) is 6.20. The topological polar surface area (TPSA) is 9.23 Å². The standard InChI is InChI=1S/C14H27IOSi/c1-5-6-8-13-9-7-10-14(13,11-12-15)16-17(2,3)4/h11-13H,5-10H2,1-4H3/t13-,14-/m1/s1. The van der Waals surface area contributed by atoms with Gasteiger partial charge in [-0.15, -0.1) is 0 Å². The van der Waals surface area contributed by atoms with Gasteiger partial charge in [0.1, 0.15) is 0 Å². The van der Waals surface area contributed by atoms with Gasteiger partial charge in [-0.05, 0) is 61.4 Å². The molecule has 0 bridgehead atoms. The molecule has 3 heteroatoms. The van der Waals surface area contributed by atoms with Gasteiger partial charge in [0, 0.05) is 0 Å². The first-order chi connectivity index (χ1) is 7.93. The summed E-state index contributed by atoms with van der Waals surface area (Å²) in [6, 6.07) is 0. The van der Waals surface area contributed by atoms with Crippen molar-refractivity contribution in [1.29, 1.82) is 0 Å². The number of hydrogen-bond acceptors (Lipinski definition) is 1. The van der Waals surface area contributed by atoms with Crippen LogP contribution in [0.3, 0.4) is 0 Å². The fourth-order valence-electron chi connectivity index (χ4n) is 2.98. The van der Waals surface area contributed by atoms with Gasteiger partial charge in [0.05, 0.1) is 5.60 Å². The molecule has 0 aromatic heterocycles. The van der Waals surface area contributed by atoms with Crippen LogP contribution in [0, 0.1) is 5.92 Å². The Morgan fingerprint density at radius 1 is 1.41 bits per heavy atom. The Balaban J connectivity index is 2.81. The Morgan fingerprint density at radius 3 is 2.65 bits per heavy atom. The van der Waals surface area contributed by atoms with Crippen molar-refractivity contribution in [1.82, 2.24) is 0 Å². The van der Waals surface area contributed by atoms with Gasteiger partial charge >= 0.3 is 0 Å². The van der Waals surface area contributed by atoms with Crippen molar-refractivity contribution in [2.75, 3.05) is 0 Å². The lowest BCUT2D eigenvalue weighted by Crippen LogP contribution is -2.44. The largest absolute Gasteiger partial charge is 0.408 e. The molecule has 0 unspecified atom stereocenters. The second kappa shape index (κ2) is 6.71. The van der Waals surface area contributed by atoms with Crippen molar-refractivity contribution in [3.05, 3.63) is 10.2 Å². The van der Waals surface area contributed by atoms with Gasteiger partial charge < -0.3 is 4.43 Å². The van der Waals surface area contributed by atoms with Crippen LogP contribution in [-0.4, -0.2) is 13.9 Å². The lowest BCUT2D eigenvalue weighted by atomic mass is 9.87. The van der Waals surface area contributed by atoms with E-state index in [-0.39, 0.29) is 5.60 Å². The Morgan fingerprint density at radius 2 is 2.12 bits per heavy atom. The molecular formula is C14H27IOSi. The van der Waals surface area contributed by atoms with Crippen LogP contribution in [0.25, 0.3) is 0 Å². The van der Waals surface area contributed by atoms with Crippen LogP contribution in [0.15, 0.2) is 10.2 Å². The van der Waals surface area contributed by atoms with Crippen LogP contribution in [0.4, 0.5) is 0 Å². The average molecular weight is 366 g/mol. The van der Waals surface area contributed by atoms with Gasteiger partial charge in [-0.1, -0.05) is 42.4 Å². The Labute approximate surface area is 122 Å². The Bertz CT molecular complexity index is 259. The molecule has 0 heterocycles. The van der Waals surface area contributed by atoms with Crippen molar-refractivity contribution in [3.8, 4) is 0 Å². The number of unbranched alkanes of at least 4 members (excludes halogenated alkanes) is 1. The fraction of sp³-hybridized carbons (Fsp3) is 0.857. The average Bonchev–Trinajstić information content (AvgIpc) is 2.56. The van der Waals surface area contributed by atoms with Gasteiger partial charge in [-0.25, -0.2) is 0 Å². The Hall–Kier alpha value is 0.647. The summed E-state index contributed by atoms with van der Waals surface area (Å²) in [6.07, 6.45) is 10.2. The van der Waals surface area contributed by atoms with E-state index in [0.717, 1.165) is 5.92 Å². The van der Waals surface area contributed by atoms with E-state index in [1.807, 2.05) is 0 Å². The minimum atomic E-state index is -1.47. The highest BCUT2D eigenvalue weighted by Gasteiger charge is 2.43. The molecule has 1 fully saturated rings. The molecule has 1 rings (SSSR count). The number of hydrogen-bond donors (Lipinski definition) is 0. The van der Waals surface area contributed by atoms with Crippen molar-refractivity contribution >= 4 is 30.9 Å². The lowest BCUT2D eigenvalue weighted by Gasteiger charge is -2.38. The van der Waals surface area contributed by atoms with E-state index in [0.29, 0.717) is 0 Å². The van der Waals surface area contributed by atoms with Crippen molar-refractivity contribution in [2.45, 2.75) is 70.7 Å². The summed E-state index contributed by atoms with van der Waals surface area (Å²) in [5.74, 6) is 0.750. The van der Waals surface area contributed by atoms with Crippen LogP contribution >= 0.6 is 22.6 Å². The maximum Gasteiger partial charge on any atom is 0.184 e. The zero-order chi connectivity index (χ0) is 12.9. The molecule has 1 nitrogen and oxygen atoms in total. The predicted molar refractivity (Wildman–Crippen MR) is 87.2 cm³/mol. The minimum Gasteiger partial charge on any atom is -0.408 e. The van der Waals surface area contributed by atoms with Crippen molar-refractivity contribution < 1.29 is 4.43 Å². The third-order valence-corrected chi connectivity index (χ3v) is 4.91. The molecular weight excluding hydrogens is 339 g/mol. The first-order valence-electron chi connectivity index (χ1n) is 6.91. The predicted octanol–water partition coefficient (Wildman–Crippen LogP) is 5.52. The molecule has 0 aromatic rings. The van der Waals surface area contributed by atoms with E-state index in [1.54, 1.807) is 0 Å². The monoisotopic (exact) mass is 366 g/mol. The summed E-state index contributed by atoms with van der Waals surface area (Å²) in [5, 5.41) is 0. The maximum absolute atomic E-state index is 6.58. The third-order valence-electron chi connectivity index (χ3n) is 3.56. The number of rotatable bonds is 6. The van der Waals surface area contributed by atoms with Gasteiger partial charge in [0.25, 0.3) is 0 Å². The molecule has 1 saturated carbocycles. The summed E-state index contributed by atoms with van der Waals surface area (Å²) in [6.45, 7) is 9.21. The SMILES string of the molecule is CCCC[C@@H]1CCC[C@]1(C=CI)O[Si](C)(C)C. The highest BCUT2D eigenvalue weighted by Crippen LogP contribution is 2.44. The van der Waals surface area contributed by atoms with Crippen molar-refractivity contribution in [2.24, 2.45) is 5.92 Å². The minimum absolute atomic E-state index is 0.0703. The highest BCUT2D eigenvalue weighted by molar-refractivity contribution is 14.1. The molecule has 100 valence electrons. The summed E-state index contributed by atoms with van der Waals surface area (Å²) in [5.41, 5.74) is 0.0703. The maximum atomic E-state index is 6.58. The van der Waals surface area contributed by atoms with Crippen LogP contribution < -0.4 is 0 Å². The second-order valence-corrected chi connectivity index (χ2v) is 11.3.